The molecule has 1 fully saturated rings. The van der Waals surface area contributed by atoms with Gasteiger partial charge in [-0.15, -0.1) is 0 Å². The summed E-state index contributed by atoms with van der Waals surface area (Å²) in [5.41, 5.74) is 0.967. The molecule has 0 spiro atoms. The van der Waals surface area contributed by atoms with E-state index < -0.39 is 4.32 Å². The monoisotopic (exact) mass is 281 g/mol. The Hall–Kier alpha value is -1.16. The van der Waals surface area contributed by atoms with Crippen molar-refractivity contribution in [2.45, 2.75) is 24.2 Å². The van der Waals surface area contributed by atoms with Crippen molar-refractivity contribution < 1.29 is 9.59 Å². The van der Waals surface area contributed by atoms with Crippen LogP contribution in [-0.4, -0.2) is 21.0 Å². The average Bonchev–Trinajstić information content (AvgIpc) is 2.42. The molecule has 0 aliphatic carbocycles. The van der Waals surface area contributed by atoms with Crippen LogP contribution in [0.3, 0.4) is 0 Å². The molecule has 0 aromatic heterocycles. The maximum Gasteiger partial charge on any atom is 0.246 e. The van der Waals surface area contributed by atoms with E-state index in [1.165, 1.54) is 4.90 Å². The molecule has 16 heavy (non-hydrogen) atoms. The Bertz CT molecular complexity index is 428. The highest BCUT2D eigenvalue weighted by Gasteiger charge is 2.46. The number of halogens is 1. The van der Waals surface area contributed by atoms with E-state index >= 15 is 0 Å². The van der Waals surface area contributed by atoms with Crippen LogP contribution < -0.4 is 0 Å². The largest absolute Gasteiger partial charge is 0.277 e. The predicted molar refractivity (Wildman–Crippen MR) is 63.9 cm³/mol. The predicted octanol–water partition coefficient (Wildman–Crippen LogP) is 2.10. The van der Waals surface area contributed by atoms with Gasteiger partial charge in [-0.3, -0.25) is 14.5 Å². The maximum atomic E-state index is 11.9. The van der Waals surface area contributed by atoms with Crippen molar-refractivity contribution in [1.82, 2.24) is 4.90 Å². The molecule has 0 saturated carbocycles. The van der Waals surface area contributed by atoms with E-state index in [1.807, 2.05) is 30.3 Å². The van der Waals surface area contributed by atoms with Crippen LogP contribution in [0.5, 0.6) is 0 Å². The van der Waals surface area contributed by atoms with Gasteiger partial charge in [0.1, 0.15) is 4.32 Å². The summed E-state index contributed by atoms with van der Waals surface area (Å²) in [5.74, 6) is -0.269. The van der Waals surface area contributed by atoms with Crippen LogP contribution in [0.25, 0.3) is 0 Å². The molecule has 84 valence electrons. The van der Waals surface area contributed by atoms with Crippen LogP contribution in [0.15, 0.2) is 30.3 Å². The number of carbonyl (C=O) groups is 2. The van der Waals surface area contributed by atoms with Gasteiger partial charge in [0.2, 0.25) is 11.8 Å². The lowest BCUT2D eigenvalue weighted by Crippen LogP contribution is -2.34. The SMILES string of the molecule is CC1(Br)CC(=O)N(Cc2ccccc2)C1=O. The molecule has 1 aliphatic rings. The quantitative estimate of drug-likeness (QED) is 0.615. The zero-order valence-electron chi connectivity index (χ0n) is 8.94. The molecule has 1 aliphatic heterocycles. The number of benzene rings is 1. The first kappa shape index (κ1) is 11.3. The molecule has 0 bridgehead atoms. The topological polar surface area (TPSA) is 37.4 Å². The summed E-state index contributed by atoms with van der Waals surface area (Å²) >= 11 is 3.29. The third-order valence-corrected chi connectivity index (χ3v) is 3.28. The number of amides is 2. The van der Waals surface area contributed by atoms with Gasteiger partial charge in [0.05, 0.1) is 13.0 Å². The summed E-state index contributed by atoms with van der Waals surface area (Å²) in [6, 6.07) is 9.52. The molecule has 1 aromatic rings. The molecule has 1 saturated heterocycles. The summed E-state index contributed by atoms with van der Waals surface area (Å²) in [4.78, 5) is 24.9. The van der Waals surface area contributed by atoms with E-state index in [-0.39, 0.29) is 18.2 Å². The summed E-state index contributed by atoms with van der Waals surface area (Å²) < 4.78 is -0.723. The van der Waals surface area contributed by atoms with Crippen molar-refractivity contribution in [2.24, 2.45) is 0 Å². The number of carbonyl (C=O) groups excluding carboxylic acids is 2. The fourth-order valence-corrected chi connectivity index (χ4v) is 2.23. The molecule has 2 rings (SSSR count). The molecular formula is C12H12BrNO2. The zero-order valence-corrected chi connectivity index (χ0v) is 10.5. The van der Waals surface area contributed by atoms with Gasteiger partial charge in [-0.2, -0.15) is 0 Å². The summed E-state index contributed by atoms with van der Waals surface area (Å²) in [6.45, 7) is 2.10. The van der Waals surface area contributed by atoms with Crippen molar-refractivity contribution in [2.75, 3.05) is 0 Å². The Labute approximate surface area is 103 Å². The Morgan fingerprint density at radius 1 is 1.31 bits per heavy atom. The summed E-state index contributed by atoms with van der Waals surface area (Å²) in [5, 5.41) is 0. The van der Waals surface area contributed by atoms with Crippen molar-refractivity contribution in [3.63, 3.8) is 0 Å². The lowest BCUT2D eigenvalue weighted by atomic mass is 10.1. The second kappa shape index (κ2) is 4.01. The molecule has 1 aromatic carbocycles. The minimum absolute atomic E-state index is 0.117. The smallest absolute Gasteiger partial charge is 0.246 e. The van der Waals surface area contributed by atoms with Gasteiger partial charge in [0, 0.05) is 0 Å². The van der Waals surface area contributed by atoms with Gasteiger partial charge in [-0.25, -0.2) is 0 Å². The van der Waals surface area contributed by atoms with Crippen molar-refractivity contribution in [3.05, 3.63) is 35.9 Å². The molecule has 1 heterocycles. The van der Waals surface area contributed by atoms with E-state index in [1.54, 1.807) is 6.92 Å². The van der Waals surface area contributed by atoms with E-state index in [0.717, 1.165) is 5.56 Å². The number of nitrogens with zero attached hydrogens (tertiary/aromatic N) is 1. The second-order valence-corrected chi connectivity index (χ2v) is 5.90. The van der Waals surface area contributed by atoms with Crippen molar-refractivity contribution >= 4 is 27.7 Å². The van der Waals surface area contributed by atoms with Crippen molar-refractivity contribution in [1.29, 1.82) is 0 Å². The fraction of sp³-hybridized carbons (Fsp3) is 0.333. The van der Waals surface area contributed by atoms with E-state index in [2.05, 4.69) is 15.9 Å². The van der Waals surface area contributed by atoms with Gasteiger partial charge >= 0.3 is 0 Å². The van der Waals surface area contributed by atoms with Crippen LogP contribution in [-0.2, 0) is 16.1 Å². The van der Waals surface area contributed by atoms with E-state index in [9.17, 15) is 9.59 Å². The third-order valence-electron chi connectivity index (χ3n) is 2.66. The number of likely N-dealkylation sites (tertiary alicyclic amines) is 1. The number of imide groups is 1. The number of hydrogen-bond acceptors (Lipinski definition) is 2. The first-order chi connectivity index (χ1) is 7.50. The van der Waals surface area contributed by atoms with Gasteiger partial charge in [-0.05, 0) is 12.5 Å². The molecule has 0 N–H and O–H groups in total. The Balaban J connectivity index is 2.18. The average molecular weight is 282 g/mol. The molecule has 3 nitrogen and oxygen atoms in total. The molecular weight excluding hydrogens is 270 g/mol. The van der Waals surface area contributed by atoms with E-state index in [0.29, 0.717) is 6.54 Å². The Kier molecular flexibility index (Phi) is 2.84. The van der Waals surface area contributed by atoms with Crippen LogP contribution in [0.1, 0.15) is 18.9 Å². The van der Waals surface area contributed by atoms with E-state index in [4.69, 9.17) is 0 Å². The molecule has 0 radical (unpaired) electrons. The van der Waals surface area contributed by atoms with Gasteiger partial charge in [0.25, 0.3) is 0 Å². The number of rotatable bonds is 2. The van der Waals surface area contributed by atoms with Gasteiger partial charge in [0.15, 0.2) is 0 Å². The molecule has 2 amide bonds. The minimum Gasteiger partial charge on any atom is -0.277 e. The Morgan fingerprint density at radius 2 is 1.94 bits per heavy atom. The van der Waals surface area contributed by atoms with Crippen LogP contribution in [0.4, 0.5) is 0 Å². The molecule has 4 heteroatoms. The first-order valence-corrected chi connectivity index (χ1v) is 5.88. The van der Waals surface area contributed by atoms with Gasteiger partial charge < -0.3 is 0 Å². The maximum absolute atomic E-state index is 11.9. The number of hydrogen-bond donors (Lipinski definition) is 0. The first-order valence-electron chi connectivity index (χ1n) is 5.08. The normalized spacial score (nSPS) is 25.2. The van der Waals surface area contributed by atoms with Crippen LogP contribution in [0, 0.1) is 0 Å². The summed E-state index contributed by atoms with van der Waals surface area (Å²) in [7, 11) is 0. The third kappa shape index (κ3) is 2.02. The highest BCUT2D eigenvalue weighted by molar-refractivity contribution is 9.10. The molecule has 1 unspecified atom stereocenters. The minimum atomic E-state index is -0.723. The zero-order chi connectivity index (χ0) is 11.8. The molecule has 1 atom stereocenters. The number of alkyl halides is 1. The summed E-state index contributed by atoms with van der Waals surface area (Å²) in [6.07, 6.45) is 0.235. The standard InChI is InChI=1S/C12H12BrNO2/c1-12(13)7-10(15)14(11(12)16)8-9-5-3-2-4-6-9/h2-6H,7-8H2,1H3. The van der Waals surface area contributed by atoms with Gasteiger partial charge in [-0.1, -0.05) is 46.3 Å². The van der Waals surface area contributed by atoms with Crippen LogP contribution >= 0.6 is 15.9 Å². The second-order valence-electron chi connectivity index (χ2n) is 4.14. The van der Waals surface area contributed by atoms with Crippen LogP contribution in [0.2, 0.25) is 0 Å². The highest BCUT2D eigenvalue weighted by atomic mass is 79.9. The lowest BCUT2D eigenvalue weighted by Gasteiger charge is -2.16. The Morgan fingerprint density at radius 3 is 2.44 bits per heavy atom. The van der Waals surface area contributed by atoms with Crippen molar-refractivity contribution in [3.8, 4) is 0 Å². The highest BCUT2D eigenvalue weighted by Crippen LogP contribution is 2.32. The lowest BCUT2D eigenvalue weighted by molar-refractivity contribution is -0.139. The fourth-order valence-electron chi connectivity index (χ4n) is 1.78.